The molecule has 1 amide bonds. The van der Waals surface area contributed by atoms with Gasteiger partial charge in [-0.1, -0.05) is 97.1 Å². The summed E-state index contributed by atoms with van der Waals surface area (Å²) in [5.41, 5.74) is 3.13. The van der Waals surface area contributed by atoms with Crippen LogP contribution in [0.3, 0.4) is 0 Å². The first kappa shape index (κ1) is 29.9. The van der Waals surface area contributed by atoms with Crippen LogP contribution in [0, 0.1) is 5.82 Å². The number of nitrogens with zero attached hydrogens (tertiary/aromatic N) is 2. The van der Waals surface area contributed by atoms with Gasteiger partial charge in [0.1, 0.15) is 17.6 Å². The zero-order chi connectivity index (χ0) is 30.2. The molecule has 0 spiro atoms. The molecule has 0 bridgehead atoms. The first-order valence-corrected chi connectivity index (χ1v) is 15.5. The van der Waals surface area contributed by atoms with Gasteiger partial charge in [-0.15, -0.1) is 0 Å². The maximum absolute atomic E-state index is 14.7. The van der Waals surface area contributed by atoms with E-state index in [9.17, 15) is 17.6 Å². The van der Waals surface area contributed by atoms with Gasteiger partial charge in [-0.3, -0.25) is 4.79 Å². The third-order valence-electron chi connectivity index (χ3n) is 7.41. The standard InChI is InChI=1S/C35H33FN2O4S/c1-42-32-20-16-30(17-21-32)33-13-8-23-38(43(40,41)24-22-27-9-4-2-5-10-27)34(25-28-11-6-3-7-12-28)35(39)37(33)26-29-14-18-31(36)19-15-29/h2-22,24,33-34H,23,25-26H2,1H3. The highest BCUT2D eigenvalue weighted by atomic mass is 32.2. The van der Waals surface area contributed by atoms with Gasteiger partial charge >= 0.3 is 0 Å². The van der Waals surface area contributed by atoms with E-state index in [1.807, 2.05) is 91.0 Å². The second-order valence-corrected chi connectivity index (χ2v) is 12.0. The van der Waals surface area contributed by atoms with Crippen LogP contribution in [0.2, 0.25) is 0 Å². The molecule has 2 unspecified atom stereocenters. The fraction of sp³-hybridized carbons (Fsp3) is 0.171. The Hall–Kier alpha value is -4.53. The van der Waals surface area contributed by atoms with Crippen molar-refractivity contribution in [3.8, 4) is 5.75 Å². The van der Waals surface area contributed by atoms with E-state index >= 15 is 0 Å². The summed E-state index contributed by atoms with van der Waals surface area (Å²) in [5, 5.41) is 1.16. The van der Waals surface area contributed by atoms with Crippen molar-refractivity contribution in [3.63, 3.8) is 0 Å². The highest BCUT2D eigenvalue weighted by molar-refractivity contribution is 7.92. The molecule has 5 rings (SSSR count). The van der Waals surface area contributed by atoms with Gasteiger partial charge in [0, 0.05) is 18.5 Å². The molecule has 1 heterocycles. The molecule has 0 N–H and O–H groups in total. The Morgan fingerprint density at radius 2 is 1.51 bits per heavy atom. The second kappa shape index (κ2) is 13.6. The van der Waals surface area contributed by atoms with Gasteiger partial charge in [-0.25, -0.2) is 12.8 Å². The van der Waals surface area contributed by atoms with E-state index in [0.717, 1.165) is 27.7 Å². The number of benzene rings is 4. The van der Waals surface area contributed by atoms with Gasteiger partial charge in [-0.2, -0.15) is 4.31 Å². The molecule has 1 aliphatic rings. The van der Waals surface area contributed by atoms with E-state index in [4.69, 9.17) is 4.74 Å². The normalized spacial score (nSPS) is 18.0. The Balaban J connectivity index is 1.59. The highest BCUT2D eigenvalue weighted by Crippen LogP contribution is 2.31. The van der Waals surface area contributed by atoms with E-state index in [0.29, 0.717) is 5.75 Å². The number of sulfonamides is 1. The number of rotatable bonds is 9. The Morgan fingerprint density at radius 3 is 2.16 bits per heavy atom. The Labute approximate surface area is 252 Å². The van der Waals surface area contributed by atoms with Crippen LogP contribution < -0.4 is 4.74 Å². The predicted octanol–water partition coefficient (Wildman–Crippen LogP) is 6.39. The highest BCUT2D eigenvalue weighted by Gasteiger charge is 2.39. The number of methoxy groups -OCH3 is 1. The molecule has 8 heteroatoms. The summed E-state index contributed by atoms with van der Waals surface area (Å²) in [5.74, 6) is -0.0480. The molecule has 220 valence electrons. The maximum atomic E-state index is 14.7. The van der Waals surface area contributed by atoms with Crippen molar-refractivity contribution >= 4 is 22.0 Å². The minimum atomic E-state index is -4.03. The molecule has 2 atom stereocenters. The zero-order valence-corrected chi connectivity index (χ0v) is 24.6. The Morgan fingerprint density at radius 1 is 0.860 bits per heavy atom. The third-order valence-corrected chi connectivity index (χ3v) is 8.95. The van der Waals surface area contributed by atoms with Crippen LogP contribution in [0.5, 0.6) is 5.75 Å². The molecule has 0 saturated heterocycles. The smallest absolute Gasteiger partial charge is 0.242 e. The van der Waals surface area contributed by atoms with Crippen molar-refractivity contribution in [2.24, 2.45) is 0 Å². The number of ether oxygens (including phenoxy) is 1. The lowest BCUT2D eigenvalue weighted by atomic mass is 9.98. The molecule has 0 radical (unpaired) electrons. The van der Waals surface area contributed by atoms with Crippen LogP contribution in [0.15, 0.2) is 127 Å². The summed E-state index contributed by atoms with van der Waals surface area (Å²) in [6, 6.07) is 30.5. The van der Waals surface area contributed by atoms with Crippen molar-refractivity contribution < 1.29 is 22.3 Å². The Bertz CT molecular complexity index is 1670. The van der Waals surface area contributed by atoms with Crippen molar-refractivity contribution in [2.45, 2.75) is 25.0 Å². The van der Waals surface area contributed by atoms with Crippen molar-refractivity contribution in [1.29, 1.82) is 0 Å². The Kier molecular flexibility index (Phi) is 9.49. The summed E-state index contributed by atoms with van der Waals surface area (Å²) < 4.78 is 48.1. The van der Waals surface area contributed by atoms with Gasteiger partial charge in [0.25, 0.3) is 0 Å². The first-order valence-electron chi connectivity index (χ1n) is 14.0. The number of hydrogen-bond acceptors (Lipinski definition) is 4. The topological polar surface area (TPSA) is 66.9 Å². The van der Waals surface area contributed by atoms with Crippen LogP contribution in [0.25, 0.3) is 6.08 Å². The van der Waals surface area contributed by atoms with Gasteiger partial charge in [0.2, 0.25) is 15.9 Å². The van der Waals surface area contributed by atoms with Crippen LogP contribution in [-0.4, -0.2) is 43.2 Å². The van der Waals surface area contributed by atoms with E-state index in [1.54, 1.807) is 30.2 Å². The molecule has 0 aromatic heterocycles. The van der Waals surface area contributed by atoms with E-state index < -0.39 is 22.1 Å². The number of amides is 1. The molecule has 0 saturated carbocycles. The van der Waals surface area contributed by atoms with E-state index in [2.05, 4.69) is 0 Å². The number of carbonyl (C=O) groups excluding carboxylic acids is 1. The minimum absolute atomic E-state index is 0.0156. The van der Waals surface area contributed by atoms with Gasteiger partial charge in [0.15, 0.2) is 0 Å². The molecule has 43 heavy (non-hydrogen) atoms. The fourth-order valence-electron chi connectivity index (χ4n) is 5.15. The largest absolute Gasteiger partial charge is 0.497 e. The lowest BCUT2D eigenvalue weighted by Gasteiger charge is -2.38. The summed E-state index contributed by atoms with van der Waals surface area (Å²) in [6.07, 6.45) is 5.37. The SMILES string of the molecule is COc1ccc(C2C=CCN(S(=O)(=O)C=Cc3ccccc3)C(Cc3ccccc3)C(=O)N2Cc2ccc(F)cc2)cc1. The maximum Gasteiger partial charge on any atom is 0.242 e. The van der Waals surface area contributed by atoms with Crippen molar-refractivity contribution in [3.05, 3.63) is 155 Å². The van der Waals surface area contributed by atoms with Crippen LogP contribution in [0.1, 0.15) is 28.3 Å². The summed E-state index contributed by atoms with van der Waals surface area (Å²) >= 11 is 0. The molecule has 1 aliphatic heterocycles. The monoisotopic (exact) mass is 596 g/mol. The van der Waals surface area contributed by atoms with E-state index in [1.165, 1.54) is 22.5 Å². The molecule has 0 fully saturated rings. The molecule has 4 aromatic rings. The minimum Gasteiger partial charge on any atom is -0.497 e. The van der Waals surface area contributed by atoms with Crippen molar-refractivity contribution in [2.75, 3.05) is 13.7 Å². The third kappa shape index (κ3) is 7.46. The van der Waals surface area contributed by atoms with Crippen molar-refractivity contribution in [1.82, 2.24) is 9.21 Å². The summed E-state index contributed by atoms with van der Waals surface area (Å²) in [4.78, 5) is 16.3. The first-order chi connectivity index (χ1) is 20.8. The van der Waals surface area contributed by atoms with Crippen LogP contribution in [-0.2, 0) is 27.8 Å². The van der Waals surface area contributed by atoms with Gasteiger partial charge < -0.3 is 9.64 Å². The lowest BCUT2D eigenvalue weighted by molar-refractivity contribution is -0.137. The number of hydrogen-bond donors (Lipinski definition) is 0. The predicted molar refractivity (Wildman–Crippen MR) is 167 cm³/mol. The molecule has 4 aromatic carbocycles. The van der Waals surface area contributed by atoms with E-state index in [-0.39, 0.29) is 31.2 Å². The summed E-state index contributed by atoms with van der Waals surface area (Å²) in [6.45, 7) is 0.168. The molecule has 0 aliphatic carbocycles. The van der Waals surface area contributed by atoms with Gasteiger partial charge in [0.05, 0.1) is 13.2 Å². The molecular formula is C35H33FN2O4S. The molecule has 6 nitrogen and oxygen atoms in total. The lowest BCUT2D eigenvalue weighted by Crippen LogP contribution is -2.53. The van der Waals surface area contributed by atoms with Gasteiger partial charge in [-0.05, 0) is 59.0 Å². The zero-order valence-electron chi connectivity index (χ0n) is 23.8. The second-order valence-electron chi connectivity index (χ2n) is 10.3. The fourth-order valence-corrected chi connectivity index (χ4v) is 6.44. The van der Waals surface area contributed by atoms with Crippen LogP contribution >= 0.6 is 0 Å². The number of carbonyl (C=O) groups is 1. The average molecular weight is 597 g/mol. The summed E-state index contributed by atoms with van der Waals surface area (Å²) in [7, 11) is -2.44. The quantitative estimate of drug-likeness (QED) is 0.210. The average Bonchev–Trinajstić information content (AvgIpc) is 3.03. The van der Waals surface area contributed by atoms with Crippen LogP contribution in [0.4, 0.5) is 4.39 Å². The molecular weight excluding hydrogens is 563 g/mol. The number of halogens is 1.